The molecular weight excluding hydrogens is 462 g/mol. The molecule has 6 aromatic rings. The summed E-state index contributed by atoms with van der Waals surface area (Å²) in [5, 5.41) is 4.73. The Labute approximate surface area is 224 Å². The van der Waals surface area contributed by atoms with Crippen molar-refractivity contribution in [2.45, 2.75) is 38.5 Å². The second-order valence-electron chi connectivity index (χ2n) is 11.6. The minimum absolute atomic E-state index is 0.405. The minimum Gasteiger partial charge on any atom is -0.455 e. The molecule has 4 aromatic carbocycles. The Bertz CT molecular complexity index is 1900. The zero-order valence-corrected chi connectivity index (χ0v) is 22.0. The summed E-state index contributed by atoms with van der Waals surface area (Å²) < 4.78 is 17.9. The van der Waals surface area contributed by atoms with Gasteiger partial charge >= 0.3 is 0 Å². The molecule has 3 aliphatic rings. The molecule has 0 amide bonds. The van der Waals surface area contributed by atoms with Crippen LogP contribution in [0, 0.1) is 18.8 Å². The number of aromatic nitrogens is 1. The molecule has 3 fully saturated rings. The van der Waals surface area contributed by atoms with Crippen molar-refractivity contribution in [3.8, 4) is 22.4 Å². The molecule has 38 heavy (non-hydrogen) atoms. The second-order valence-corrected chi connectivity index (χ2v) is 11.6. The summed E-state index contributed by atoms with van der Waals surface area (Å²) in [4.78, 5) is 0. The lowest BCUT2D eigenvalue weighted by Gasteiger charge is -2.45. The zero-order valence-electron chi connectivity index (χ0n) is 23.0. The summed E-state index contributed by atoms with van der Waals surface area (Å²) in [5.74, 6) is 1.12. The Hall–Kier alpha value is -3.91. The third-order valence-electron chi connectivity index (χ3n) is 9.15. The van der Waals surface area contributed by atoms with Gasteiger partial charge in [-0.1, -0.05) is 60.7 Å². The molecule has 0 N–H and O–H groups in total. The Morgan fingerprint density at radius 2 is 1.50 bits per heavy atom. The molecule has 2 aromatic heterocycles. The van der Waals surface area contributed by atoms with Gasteiger partial charge in [0.15, 0.2) is 6.20 Å². The first kappa shape index (κ1) is 21.1. The number of hydrogen-bond donors (Lipinski definition) is 0. The second kappa shape index (κ2) is 8.30. The topological polar surface area (TPSA) is 17.0 Å². The minimum atomic E-state index is -0.405. The molecule has 2 heterocycles. The fraction of sp³-hybridized carbons (Fsp3) is 0.250. The van der Waals surface area contributed by atoms with Gasteiger partial charge in [0.1, 0.15) is 18.2 Å². The van der Waals surface area contributed by atoms with Crippen molar-refractivity contribution in [2.75, 3.05) is 0 Å². The van der Waals surface area contributed by atoms with E-state index in [1.807, 2.05) is 0 Å². The van der Waals surface area contributed by atoms with Crippen LogP contribution in [-0.4, -0.2) is 0 Å². The fourth-order valence-corrected chi connectivity index (χ4v) is 7.06. The summed E-state index contributed by atoms with van der Waals surface area (Å²) in [6, 6.07) is 30.6. The van der Waals surface area contributed by atoms with E-state index in [9.17, 15) is 0 Å². The Morgan fingerprint density at radius 3 is 2.26 bits per heavy atom. The normalized spacial score (nSPS) is 23.1. The van der Waals surface area contributed by atoms with Crippen molar-refractivity contribution in [3.05, 3.63) is 102 Å². The highest BCUT2D eigenvalue weighted by Gasteiger charge is 2.38. The van der Waals surface area contributed by atoms with E-state index in [0.717, 1.165) is 57.9 Å². The average molecular weight is 496 g/mol. The maximum Gasteiger partial charge on any atom is 0.216 e. The predicted molar refractivity (Wildman–Crippen MR) is 156 cm³/mol. The lowest BCUT2D eigenvalue weighted by atomic mass is 9.60. The average Bonchev–Trinajstić information content (AvgIpc) is 3.29. The van der Waals surface area contributed by atoms with Crippen molar-refractivity contribution in [3.63, 3.8) is 0 Å². The molecule has 0 unspecified atom stereocenters. The summed E-state index contributed by atoms with van der Waals surface area (Å²) in [6.45, 7) is 2.17. The lowest BCUT2D eigenvalue weighted by molar-refractivity contribution is -0.660. The van der Waals surface area contributed by atoms with E-state index in [2.05, 4.69) is 110 Å². The van der Waals surface area contributed by atoms with Crippen LogP contribution in [0.15, 0.2) is 95.5 Å². The zero-order chi connectivity index (χ0) is 26.3. The van der Waals surface area contributed by atoms with Crippen molar-refractivity contribution in [1.82, 2.24) is 0 Å². The maximum absolute atomic E-state index is 9.15. The van der Waals surface area contributed by atoms with Crippen molar-refractivity contribution in [1.29, 1.82) is 0 Å². The molecule has 0 saturated heterocycles. The van der Waals surface area contributed by atoms with Gasteiger partial charge in [0.05, 0.1) is 5.56 Å². The van der Waals surface area contributed by atoms with Crippen LogP contribution >= 0.6 is 0 Å². The van der Waals surface area contributed by atoms with Crippen LogP contribution < -0.4 is 4.57 Å². The van der Waals surface area contributed by atoms with Gasteiger partial charge in [0.2, 0.25) is 5.69 Å². The molecule has 0 aliphatic heterocycles. The standard InChI is InChI=1S/C36H32NO/c1-22-7-12-31-32-19-27-5-3-4-6-28(27)21-34(32)38-36(31)35(22)33-20-29(13-14-37(33)2)25-8-10-26(11-9-25)30-17-23-15-24(16-23)18-30/h3-14,19-21,23-24,30H,15-18H2,1-2H3/q+1/i30D. The van der Waals surface area contributed by atoms with Gasteiger partial charge in [-0.3, -0.25) is 0 Å². The van der Waals surface area contributed by atoms with Gasteiger partial charge in [-0.15, -0.1) is 0 Å². The summed E-state index contributed by atoms with van der Waals surface area (Å²) >= 11 is 0. The van der Waals surface area contributed by atoms with Crippen LogP contribution in [-0.2, 0) is 7.05 Å². The van der Waals surface area contributed by atoms with Gasteiger partial charge < -0.3 is 4.42 Å². The summed E-state index contributed by atoms with van der Waals surface area (Å²) in [5.41, 5.74) is 8.88. The molecule has 0 radical (unpaired) electrons. The summed E-state index contributed by atoms with van der Waals surface area (Å²) in [7, 11) is 2.11. The lowest BCUT2D eigenvalue weighted by Crippen LogP contribution is -2.32. The van der Waals surface area contributed by atoms with Gasteiger partial charge in [0, 0.05) is 24.3 Å². The van der Waals surface area contributed by atoms with E-state index < -0.39 is 5.89 Å². The van der Waals surface area contributed by atoms with E-state index in [1.54, 1.807) is 0 Å². The van der Waals surface area contributed by atoms with Crippen molar-refractivity contribution < 1.29 is 10.4 Å². The third kappa shape index (κ3) is 3.43. The van der Waals surface area contributed by atoms with Crippen molar-refractivity contribution in [2.24, 2.45) is 18.9 Å². The SMILES string of the molecule is [2H]C1(c2ccc(-c3cc[n+](C)c(-c4c(C)ccc5c4oc4cc6ccccc6cc45)c3)cc2)CC2CC(C2)C1. The van der Waals surface area contributed by atoms with Crippen LogP contribution in [0.25, 0.3) is 55.1 Å². The van der Waals surface area contributed by atoms with Gasteiger partial charge in [-0.05, 0) is 95.5 Å². The monoisotopic (exact) mass is 495 g/mol. The number of fused-ring (bicyclic) bond motifs is 6. The Balaban J connectivity index is 1.23. The van der Waals surface area contributed by atoms with Crippen LogP contribution in [0.3, 0.4) is 0 Å². The fourth-order valence-electron chi connectivity index (χ4n) is 7.06. The van der Waals surface area contributed by atoms with Gasteiger partial charge in [-0.2, -0.15) is 0 Å². The molecule has 0 atom stereocenters. The predicted octanol–water partition coefficient (Wildman–Crippen LogP) is 9.11. The first-order chi connectivity index (χ1) is 18.9. The third-order valence-corrected chi connectivity index (χ3v) is 9.15. The van der Waals surface area contributed by atoms with E-state index in [-0.39, 0.29) is 0 Å². The highest BCUT2D eigenvalue weighted by Crippen LogP contribution is 2.51. The van der Waals surface area contributed by atoms with Crippen LogP contribution in [0.5, 0.6) is 0 Å². The molecule has 2 bridgehead atoms. The molecule has 0 spiro atoms. The number of furan rings is 1. The van der Waals surface area contributed by atoms with E-state index >= 15 is 0 Å². The van der Waals surface area contributed by atoms with Gasteiger partial charge in [-0.25, -0.2) is 4.57 Å². The molecule has 2 nitrogen and oxygen atoms in total. The number of benzene rings is 4. The van der Waals surface area contributed by atoms with E-state index in [4.69, 9.17) is 5.79 Å². The molecule has 9 rings (SSSR count). The number of rotatable bonds is 3. The highest BCUT2D eigenvalue weighted by molar-refractivity contribution is 6.13. The summed E-state index contributed by atoms with van der Waals surface area (Å²) in [6.07, 6.45) is 6.87. The number of pyridine rings is 1. The largest absolute Gasteiger partial charge is 0.455 e. The maximum atomic E-state index is 9.15. The first-order valence-corrected chi connectivity index (χ1v) is 13.9. The molecule has 3 aliphatic carbocycles. The molecule has 186 valence electrons. The first-order valence-electron chi connectivity index (χ1n) is 14.4. The number of aryl methyl sites for hydroxylation is 2. The van der Waals surface area contributed by atoms with E-state index in [1.165, 1.54) is 45.9 Å². The van der Waals surface area contributed by atoms with Crippen LogP contribution in [0.1, 0.15) is 44.1 Å². The number of hydrogen-bond acceptors (Lipinski definition) is 1. The molecule has 2 heteroatoms. The quantitative estimate of drug-likeness (QED) is 0.224. The van der Waals surface area contributed by atoms with Crippen LogP contribution in [0.2, 0.25) is 0 Å². The van der Waals surface area contributed by atoms with Gasteiger partial charge in [0.25, 0.3) is 0 Å². The Kier molecular flexibility index (Phi) is 4.60. The van der Waals surface area contributed by atoms with Crippen molar-refractivity contribution >= 4 is 32.7 Å². The highest BCUT2D eigenvalue weighted by atomic mass is 16.3. The molecule has 3 saturated carbocycles. The smallest absolute Gasteiger partial charge is 0.216 e. The Morgan fingerprint density at radius 1 is 0.763 bits per heavy atom. The number of nitrogens with zero attached hydrogens (tertiary/aromatic N) is 1. The van der Waals surface area contributed by atoms with Crippen LogP contribution in [0.4, 0.5) is 0 Å². The molecular formula is C36H32NO+. The van der Waals surface area contributed by atoms with E-state index in [0.29, 0.717) is 0 Å².